The van der Waals surface area contributed by atoms with Gasteiger partial charge in [0.2, 0.25) is 0 Å². The molecule has 1 aromatic heterocycles. The van der Waals surface area contributed by atoms with Gasteiger partial charge in [0, 0.05) is 10.9 Å². The van der Waals surface area contributed by atoms with Crippen LogP contribution < -0.4 is 0 Å². The second kappa shape index (κ2) is 6.86. The highest BCUT2D eigenvalue weighted by Gasteiger charge is 2.20. The Labute approximate surface area is 124 Å². The second-order valence-corrected chi connectivity index (χ2v) is 5.25. The van der Waals surface area contributed by atoms with Crippen molar-refractivity contribution in [2.75, 3.05) is 0 Å². The molecule has 0 aliphatic carbocycles. The van der Waals surface area contributed by atoms with E-state index in [1.54, 1.807) is 0 Å². The molecule has 0 radical (unpaired) electrons. The molecule has 0 amide bonds. The Kier molecular flexibility index (Phi) is 5.15. The number of hydrogen-bond acceptors (Lipinski definition) is 3. The van der Waals surface area contributed by atoms with Crippen LogP contribution in [0.1, 0.15) is 49.6 Å². The van der Waals surface area contributed by atoms with Crippen LogP contribution in [0.5, 0.6) is 0 Å². The van der Waals surface area contributed by atoms with Crippen LogP contribution >= 0.6 is 11.6 Å². The molecule has 1 aromatic carbocycles. The third kappa shape index (κ3) is 3.02. The zero-order chi connectivity index (χ0) is 14.5. The molecule has 0 aliphatic heterocycles. The van der Waals surface area contributed by atoms with Gasteiger partial charge in [-0.3, -0.25) is 0 Å². The van der Waals surface area contributed by atoms with Gasteiger partial charge in [-0.15, -0.1) is 5.10 Å². The quantitative estimate of drug-likeness (QED) is 0.888. The smallest absolute Gasteiger partial charge is 0.112 e. The summed E-state index contributed by atoms with van der Waals surface area (Å²) in [6.07, 6.45) is 2.00. The molecule has 0 saturated carbocycles. The maximum Gasteiger partial charge on any atom is 0.112 e. The maximum atomic E-state index is 9.45. The number of aliphatic hydroxyl groups excluding tert-OH is 1. The lowest BCUT2D eigenvalue weighted by atomic mass is 9.97. The van der Waals surface area contributed by atoms with Crippen LogP contribution in [0.2, 0.25) is 5.02 Å². The molecule has 4 nitrogen and oxygen atoms in total. The fourth-order valence-corrected chi connectivity index (χ4v) is 2.69. The van der Waals surface area contributed by atoms with E-state index >= 15 is 0 Å². The van der Waals surface area contributed by atoms with E-state index in [1.807, 2.05) is 28.9 Å². The predicted molar refractivity (Wildman–Crippen MR) is 79.8 cm³/mol. The van der Waals surface area contributed by atoms with Crippen LogP contribution in [-0.4, -0.2) is 20.1 Å². The molecule has 108 valence electrons. The van der Waals surface area contributed by atoms with Gasteiger partial charge in [-0.2, -0.15) is 0 Å². The first-order chi connectivity index (χ1) is 9.71. The Hall–Kier alpha value is -1.39. The number of aromatic nitrogens is 3. The van der Waals surface area contributed by atoms with Gasteiger partial charge in [0.15, 0.2) is 0 Å². The highest BCUT2D eigenvalue weighted by Crippen LogP contribution is 2.26. The minimum absolute atomic E-state index is 0.0750. The first kappa shape index (κ1) is 15.0. The normalized spacial score (nSPS) is 11.2. The molecule has 0 fully saturated rings. The first-order valence-electron chi connectivity index (χ1n) is 6.97. The van der Waals surface area contributed by atoms with Crippen LogP contribution in [0.25, 0.3) is 0 Å². The fourth-order valence-electron chi connectivity index (χ4n) is 2.50. The average molecular weight is 294 g/mol. The highest BCUT2D eigenvalue weighted by atomic mass is 35.5. The maximum absolute atomic E-state index is 9.45. The molecule has 0 unspecified atom stereocenters. The molecule has 20 heavy (non-hydrogen) atoms. The number of nitrogens with zero attached hydrogens (tertiary/aromatic N) is 3. The highest BCUT2D eigenvalue weighted by molar-refractivity contribution is 6.31. The summed E-state index contributed by atoms with van der Waals surface area (Å²) in [4.78, 5) is 0. The Morgan fingerprint density at radius 3 is 2.55 bits per heavy atom. The van der Waals surface area contributed by atoms with Gasteiger partial charge in [0.25, 0.3) is 0 Å². The number of halogens is 1. The van der Waals surface area contributed by atoms with Gasteiger partial charge in [-0.25, -0.2) is 4.68 Å². The molecule has 5 heteroatoms. The van der Waals surface area contributed by atoms with Gasteiger partial charge in [0.05, 0.1) is 18.8 Å². The predicted octanol–water partition coefficient (Wildman–Crippen LogP) is 3.38. The van der Waals surface area contributed by atoms with Crippen molar-refractivity contribution in [3.05, 3.63) is 46.2 Å². The minimum atomic E-state index is -0.0750. The van der Waals surface area contributed by atoms with Crippen molar-refractivity contribution in [1.29, 1.82) is 0 Å². The molecule has 0 aliphatic rings. The molecule has 2 rings (SSSR count). The van der Waals surface area contributed by atoms with Crippen molar-refractivity contribution in [2.24, 2.45) is 0 Å². The third-order valence-corrected chi connectivity index (χ3v) is 4.02. The van der Waals surface area contributed by atoms with Crippen LogP contribution in [0.4, 0.5) is 0 Å². The van der Waals surface area contributed by atoms with Crippen LogP contribution in [-0.2, 0) is 13.2 Å². The lowest BCUT2D eigenvalue weighted by Crippen LogP contribution is -2.11. The summed E-state index contributed by atoms with van der Waals surface area (Å²) < 4.78 is 1.87. The summed E-state index contributed by atoms with van der Waals surface area (Å²) >= 11 is 6.20. The van der Waals surface area contributed by atoms with Crippen molar-refractivity contribution in [1.82, 2.24) is 15.0 Å². The van der Waals surface area contributed by atoms with E-state index in [9.17, 15) is 5.11 Å². The summed E-state index contributed by atoms with van der Waals surface area (Å²) in [6.45, 7) is 4.79. The Morgan fingerprint density at radius 1 is 1.25 bits per heavy atom. The van der Waals surface area contributed by atoms with E-state index in [-0.39, 0.29) is 6.61 Å². The van der Waals surface area contributed by atoms with E-state index in [2.05, 4.69) is 24.2 Å². The molecule has 0 bridgehead atoms. The lowest BCUT2D eigenvalue weighted by molar-refractivity contribution is 0.274. The zero-order valence-corrected chi connectivity index (χ0v) is 12.6. The van der Waals surface area contributed by atoms with Crippen LogP contribution in [0.15, 0.2) is 24.3 Å². The Bertz CT molecular complexity index is 564. The Balaban J connectivity index is 2.37. The molecular formula is C15H20ClN3O. The summed E-state index contributed by atoms with van der Waals surface area (Å²) in [6, 6.07) is 7.73. The largest absolute Gasteiger partial charge is 0.390 e. The number of aliphatic hydroxyl groups is 1. The third-order valence-electron chi connectivity index (χ3n) is 3.65. The number of benzene rings is 1. The standard InChI is InChI=1S/C15H20ClN3O/c1-3-11(4-2)15-14(10-20)17-18-19(15)9-12-7-5-6-8-13(12)16/h5-8,11,20H,3-4,9-10H2,1-2H3. The van der Waals surface area contributed by atoms with Gasteiger partial charge in [-0.1, -0.05) is 48.9 Å². The van der Waals surface area contributed by atoms with Gasteiger partial charge < -0.3 is 5.11 Å². The van der Waals surface area contributed by atoms with Crippen molar-refractivity contribution in [3.63, 3.8) is 0 Å². The van der Waals surface area contributed by atoms with Crippen LogP contribution in [0.3, 0.4) is 0 Å². The number of rotatable bonds is 6. The van der Waals surface area contributed by atoms with Crippen molar-refractivity contribution >= 4 is 11.6 Å². The van der Waals surface area contributed by atoms with E-state index in [0.717, 1.165) is 29.1 Å². The van der Waals surface area contributed by atoms with Gasteiger partial charge in [-0.05, 0) is 24.5 Å². The Morgan fingerprint density at radius 2 is 1.95 bits per heavy atom. The number of hydrogen-bond donors (Lipinski definition) is 1. The molecule has 0 spiro atoms. The summed E-state index contributed by atoms with van der Waals surface area (Å²) in [5, 5.41) is 18.5. The molecule has 1 heterocycles. The van der Waals surface area contributed by atoms with Crippen LogP contribution in [0, 0.1) is 0 Å². The second-order valence-electron chi connectivity index (χ2n) is 4.84. The zero-order valence-electron chi connectivity index (χ0n) is 11.9. The first-order valence-corrected chi connectivity index (χ1v) is 7.35. The van der Waals surface area contributed by atoms with Gasteiger partial charge in [0.1, 0.15) is 5.69 Å². The molecule has 0 atom stereocenters. The molecular weight excluding hydrogens is 274 g/mol. The topological polar surface area (TPSA) is 50.9 Å². The SMILES string of the molecule is CCC(CC)c1c(CO)nnn1Cc1ccccc1Cl. The summed E-state index contributed by atoms with van der Waals surface area (Å²) in [5.74, 6) is 0.356. The average Bonchev–Trinajstić information content (AvgIpc) is 2.86. The van der Waals surface area contributed by atoms with Crippen molar-refractivity contribution < 1.29 is 5.11 Å². The monoisotopic (exact) mass is 293 g/mol. The lowest BCUT2D eigenvalue weighted by Gasteiger charge is -2.16. The van der Waals surface area contributed by atoms with E-state index in [4.69, 9.17) is 11.6 Å². The summed E-state index contributed by atoms with van der Waals surface area (Å²) in [7, 11) is 0. The molecule has 1 N–H and O–H groups in total. The fraction of sp³-hybridized carbons (Fsp3) is 0.467. The molecule has 0 saturated heterocycles. The van der Waals surface area contributed by atoms with Crippen molar-refractivity contribution in [3.8, 4) is 0 Å². The minimum Gasteiger partial charge on any atom is -0.390 e. The van der Waals surface area contributed by atoms with E-state index < -0.39 is 0 Å². The van der Waals surface area contributed by atoms with Crippen molar-refractivity contribution in [2.45, 2.75) is 45.8 Å². The molecule has 2 aromatic rings. The van der Waals surface area contributed by atoms with E-state index in [1.165, 1.54) is 0 Å². The summed E-state index contributed by atoms with van der Waals surface area (Å²) in [5.41, 5.74) is 2.71. The van der Waals surface area contributed by atoms with Gasteiger partial charge >= 0.3 is 0 Å². The van der Waals surface area contributed by atoms with E-state index in [0.29, 0.717) is 18.2 Å².